The first kappa shape index (κ1) is 11.5. The van der Waals surface area contributed by atoms with Crippen molar-refractivity contribution in [2.75, 3.05) is 12.3 Å². The third kappa shape index (κ3) is 3.02. The van der Waals surface area contributed by atoms with Gasteiger partial charge >= 0.3 is 0 Å². The topological polar surface area (TPSA) is 29.3 Å². The molecule has 3 rings (SSSR count). The Morgan fingerprint density at radius 2 is 2.00 bits per heavy atom. The summed E-state index contributed by atoms with van der Waals surface area (Å²) in [6.07, 6.45) is 5.66. The number of anilines is 1. The quantitative estimate of drug-likeness (QED) is 0.844. The van der Waals surface area contributed by atoms with Crippen molar-refractivity contribution in [2.24, 2.45) is 5.92 Å². The first-order valence-corrected chi connectivity index (χ1v) is 7.29. The molecular formula is C14H19BrN2. The van der Waals surface area contributed by atoms with Gasteiger partial charge in [0.2, 0.25) is 0 Å². The highest BCUT2D eigenvalue weighted by molar-refractivity contribution is 9.10. The minimum Gasteiger partial charge on any atom is -0.398 e. The van der Waals surface area contributed by atoms with Crippen LogP contribution in [-0.4, -0.2) is 17.5 Å². The lowest BCUT2D eigenvalue weighted by atomic mass is 10.2. The molecule has 0 spiro atoms. The van der Waals surface area contributed by atoms with E-state index in [-0.39, 0.29) is 0 Å². The number of halogens is 1. The van der Waals surface area contributed by atoms with E-state index in [0.717, 1.165) is 28.7 Å². The molecule has 0 radical (unpaired) electrons. The highest BCUT2D eigenvalue weighted by Crippen LogP contribution is 2.36. The molecule has 0 aliphatic heterocycles. The summed E-state index contributed by atoms with van der Waals surface area (Å²) in [5.74, 6) is 0.979. The molecule has 2 saturated carbocycles. The van der Waals surface area contributed by atoms with Crippen molar-refractivity contribution in [3.63, 3.8) is 0 Å². The summed E-state index contributed by atoms with van der Waals surface area (Å²) in [6, 6.07) is 7.17. The lowest BCUT2D eigenvalue weighted by Gasteiger charge is -2.22. The first-order valence-electron chi connectivity index (χ1n) is 6.50. The van der Waals surface area contributed by atoms with Gasteiger partial charge in [0.1, 0.15) is 0 Å². The standard InChI is InChI=1S/C14H19BrN2/c15-13-7-11(3-6-14(13)16)9-17(12-4-5-12)8-10-1-2-10/h3,6-7,10,12H,1-2,4-5,8-9,16H2. The Labute approximate surface area is 111 Å². The minimum atomic E-state index is 0.828. The van der Waals surface area contributed by atoms with Crippen LogP contribution in [0.4, 0.5) is 5.69 Å². The number of nitrogens with zero attached hydrogens (tertiary/aromatic N) is 1. The Morgan fingerprint density at radius 3 is 2.59 bits per heavy atom. The minimum absolute atomic E-state index is 0.828. The Balaban J connectivity index is 1.67. The zero-order valence-corrected chi connectivity index (χ0v) is 11.6. The Kier molecular flexibility index (Phi) is 3.14. The molecular weight excluding hydrogens is 276 g/mol. The molecule has 2 aliphatic rings. The Hall–Kier alpha value is -0.540. The second-order valence-electron chi connectivity index (χ2n) is 5.46. The van der Waals surface area contributed by atoms with Gasteiger partial charge in [0.15, 0.2) is 0 Å². The number of nitrogen functional groups attached to an aromatic ring is 1. The van der Waals surface area contributed by atoms with Crippen LogP contribution in [0.15, 0.2) is 22.7 Å². The smallest absolute Gasteiger partial charge is 0.0458 e. The van der Waals surface area contributed by atoms with E-state index in [1.807, 2.05) is 6.07 Å². The maximum absolute atomic E-state index is 5.82. The third-order valence-corrected chi connectivity index (χ3v) is 4.39. The van der Waals surface area contributed by atoms with Crippen molar-refractivity contribution in [1.29, 1.82) is 0 Å². The molecule has 3 heteroatoms. The molecule has 0 atom stereocenters. The lowest BCUT2D eigenvalue weighted by molar-refractivity contribution is 0.244. The average molecular weight is 295 g/mol. The van der Waals surface area contributed by atoms with Crippen LogP contribution < -0.4 is 5.73 Å². The van der Waals surface area contributed by atoms with E-state index in [0.29, 0.717) is 0 Å². The molecule has 0 saturated heterocycles. The van der Waals surface area contributed by atoms with Gasteiger partial charge < -0.3 is 5.73 Å². The molecule has 0 bridgehead atoms. The van der Waals surface area contributed by atoms with Crippen molar-refractivity contribution < 1.29 is 0 Å². The second kappa shape index (κ2) is 4.62. The predicted octanol–water partition coefficient (Wildman–Crippen LogP) is 3.41. The van der Waals surface area contributed by atoms with Gasteiger partial charge in [-0.05, 0) is 65.2 Å². The normalized spacial score (nSPS) is 19.9. The number of rotatable bonds is 5. The molecule has 17 heavy (non-hydrogen) atoms. The van der Waals surface area contributed by atoms with E-state index in [1.165, 1.54) is 37.8 Å². The lowest BCUT2D eigenvalue weighted by Crippen LogP contribution is -2.27. The van der Waals surface area contributed by atoms with Crippen molar-refractivity contribution in [1.82, 2.24) is 4.90 Å². The van der Waals surface area contributed by atoms with Gasteiger partial charge in [-0.1, -0.05) is 6.07 Å². The monoisotopic (exact) mass is 294 g/mol. The van der Waals surface area contributed by atoms with E-state index in [2.05, 4.69) is 33.0 Å². The van der Waals surface area contributed by atoms with Gasteiger partial charge in [0.05, 0.1) is 0 Å². The van der Waals surface area contributed by atoms with E-state index in [9.17, 15) is 0 Å². The van der Waals surface area contributed by atoms with Crippen LogP contribution in [0.1, 0.15) is 31.2 Å². The van der Waals surface area contributed by atoms with Crippen LogP contribution in [0.2, 0.25) is 0 Å². The van der Waals surface area contributed by atoms with Gasteiger partial charge in [0, 0.05) is 29.3 Å². The maximum Gasteiger partial charge on any atom is 0.0458 e. The van der Waals surface area contributed by atoms with Crippen molar-refractivity contribution in [3.05, 3.63) is 28.2 Å². The Bertz CT molecular complexity index is 411. The number of hydrogen-bond donors (Lipinski definition) is 1. The Morgan fingerprint density at radius 1 is 1.24 bits per heavy atom. The fourth-order valence-corrected chi connectivity index (χ4v) is 2.74. The number of hydrogen-bond acceptors (Lipinski definition) is 2. The molecule has 92 valence electrons. The van der Waals surface area contributed by atoms with E-state index >= 15 is 0 Å². The predicted molar refractivity (Wildman–Crippen MR) is 74.7 cm³/mol. The summed E-state index contributed by atoms with van der Waals surface area (Å²) in [5.41, 5.74) is 8.02. The molecule has 0 aromatic heterocycles. The molecule has 2 nitrogen and oxygen atoms in total. The fourth-order valence-electron chi connectivity index (χ4n) is 2.32. The molecule has 1 aromatic rings. The van der Waals surface area contributed by atoms with Crippen LogP contribution in [-0.2, 0) is 6.54 Å². The van der Waals surface area contributed by atoms with E-state index < -0.39 is 0 Å². The third-order valence-electron chi connectivity index (χ3n) is 3.70. The van der Waals surface area contributed by atoms with Crippen LogP contribution >= 0.6 is 15.9 Å². The summed E-state index contributed by atoms with van der Waals surface area (Å²) < 4.78 is 1.03. The molecule has 2 fully saturated rings. The summed E-state index contributed by atoms with van der Waals surface area (Å²) in [4.78, 5) is 2.66. The van der Waals surface area contributed by atoms with Gasteiger partial charge in [-0.25, -0.2) is 0 Å². The SMILES string of the molecule is Nc1ccc(CN(CC2CC2)C2CC2)cc1Br. The molecule has 0 heterocycles. The van der Waals surface area contributed by atoms with Crippen LogP contribution in [0.3, 0.4) is 0 Å². The highest BCUT2D eigenvalue weighted by atomic mass is 79.9. The van der Waals surface area contributed by atoms with Crippen LogP contribution in [0.5, 0.6) is 0 Å². The molecule has 2 aliphatic carbocycles. The van der Waals surface area contributed by atoms with Gasteiger partial charge in [-0.2, -0.15) is 0 Å². The zero-order chi connectivity index (χ0) is 11.8. The van der Waals surface area contributed by atoms with Gasteiger partial charge in [-0.15, -0.1) is 0 Å². The average Bonchev–Trinajstić information content (AvgIpc) is 3.15. The van der Waals surface area contributed by atoms with Gasteiger partial charge in [-0.3, -0.25) is 4.90 Å². The summed E-state index contributed by atoms with van der Waals surface area (Å²) in [6.45, 7) is 2.38. The van der Waals surface area contributed by atoms with Crippen LogP contribution in [0, 0.1) is 5.92 Å². The largest absolute Gasteiger partial charge is 0.398 e. The first-order chi connectivity index (χ1) is 8.22. The van der Waals surface area contributed by atoms with E-state index in [4.69, 9.17) is 5.73 Å². The van der Waals surface area contributed by atoms with Crippen molar-refractivity contribution in [2.45, 2.75) is 38.3 Å². The van der Waals surface area contributed by atoms with Crippen molar-refractivity contribution >= 4 is 21.6 Å². The zero-order valence-electron chi connectivity index (χ0n) is 10.0. The molecule has 0 unspecified atom stereocenters. The molecule has 1 aromatic carbocycles. The molecule has 0 amide bonds. The maximum atomic E-state index is 5.82. The summed E-state index contributed by atoms with van der Waals surface area (Å²) in [7, 11) is 0. The van der Waals surface area contributed by atoms with Gasteiger partial charge in [0.25, 0.3) is 0 Å². The van der Waals surface area contributed by atoms with Crippen LogP contribution in [0.25, 0.3) is 0 Å². The molecule has 2 N–H and O–H groups in total. The second-order valence-corrected chi connectivity index (χ2v) is 6.31. The van der Waals surface area contributed by atoms with E-state index in [1.54, 1.807) is 0 Å². The number of nitrogens with two attached hydrogens (primary N) is 1. The number of benzene rings is 1. The van der Waals surface area contributed by atoms with Crippen molar-refractivity contribution in [3.8, 4) is 0 Å². The fraction of sp³-hybridized carbons (Fsp3) is 0.571. The summed E-state index contributed by atoms with van der Waals surface area (Å²) in [5, 5.41) is 0. The highest BCUT2D eigenvalue weighted by Gasteiger charge is 2.33. The summed E-state index contributed by atoms with van der Waals surface area (Å²) >= 11 is 3.51.